The molecule has 0 aromatic heterocycles. The highest BCUT2D eigenvalue weighted by Gasteiger charge is 2.15. The summed E-state index contributed by atoms with van der Waals surface area (Å²) >= 11 is 0. The maximum absolute atomic E-state index is 12.0. The number of rotatable bonds is 4. The highest BCUT2D eigenvalue weighted by Crippen LogP contribution is 2.17. The lowest BCUT2D eigenvalue weighted by Gasteiger charge is -2.09. The molecule has 0 aliphatic heterocycles. The van der Waals surface area contributed by atoms with E-state index in [1.54, 1.807) is 49.4 Å². The van der Waals surface area contributed by atoms with Crippen LogP contribution in [-0.4, -0.2) is 18.5 Å². The second-order valence-corrected chi connectivity index (χ2v) is 4.53. The van der Waals surface area contributed by atoms with Crippen molar-refractivity contribution in [2.24, 2.45) is 0 Å². The van der Waals surface area contributed by atoms with Crippen LogP contribution in [0.4, 0.5) is 11.4 Å². The normalized spacial score (nSPS) is 9.95. The Kier molecular flexibility index (Phi) is 4.56. The molecule has 108 valence electrons. The van der Waals surface area contributed by atoms with Crippen LogP contribution in [0.2, 0.25) is 0 Å². The first kappa shape index (κ1) is 14.6. The van der Waals surface area contributed by atoms with Crippen molar-refractivity contribution < 1.29 is 14.3 Å². The first-order valence-electron chi connectivity index (χ1n) is 6.45. The molecule has 0 spiro atoms. The summed E-state index contributed by atoms with van der Waals surface area (Å²) in [7, 11) is 0. The molecular formula is C16H16N2O3. The molecule has 0 radical (unpaired) electrons. The Morgan fingerprint density at radius 1 is 1.10 bits per heavy atom. The molecule has 0 saturated carbocycles. The fraction of sp³-hybridized carbons (Fsp3) is 0.125. The van der Waals surface area contributed by atoms with Gasteiger partial charge in [0.1, 0.15) is 0 Å². The zero-order valence-corrected chi connectivity index (χ0v) is 11.6. The molecular weight excluding hydrogens is 268 g/mol. The molecule has 5 nitrogen and oxygen atoms in total. The first-order chi connectivity index (χ1) is 10.1. The zero-order chi connectivity index (χ0) is 15.2. The average Bonchev–Trinajstić information content (AvgIpc) is 2.46. The number of carbonyl (C=O) groups excluding carboxylic acids is 2. The van der Waals surface area contributed by atoms with Crippen LogP contribution in [0, 0.1) is 6.92 Å². The van der Waals surface area contributed by atoms with Gasteiger partial charge >= 0.3 is 5.97 Å². The molecule has 3 N–H and O–H groups in total. The Morgan fingerprint density at radius 2 is 1.81 bits per heavy atom. The standard InChI is InChI=1S/C16H16N2O3/c1-11-6-5-9-13(17)15(11)16(20)21-10-14(19)18-12-7-3-2-4-8-12/h2-9H,10,17H2,1H3,(H,18,19). The zero-order valence-electron chi connectivity index (χ0n) is 11.6. The molecule has 0 aliphatic carbocycles. The molecule has 0 fully saturated rings. The quantitative estimate of drug-likeness (QED) is 0.667. The maximum Gasteiger partial charge on any atom is 0.341 e. The second-order valence-electron chi connectivity index (χ2n) is 4.53. The van der Waals surface area contributed by atoms with Gasteiger partial charge in [0.25, 0.3) is 5.91 Å². The molecule has 2 rings (SSSR count). The number of amides is 1. The van der Waals surface area contributed by atoms with Gasteiger partial charge in [0.2, 0.25) is 0 Å². The number of carbonyl (C=O) groups is 2. The number of esters is 1. The SMILES string of the molecule is Cc1cccc(N)c1C(=O)OCC(=O)Nc1ccccc1. The lowest BCUT2D eigenvalue weighted by Crippen LogP contribution is -2.21. The van der Waals surface area contributed by atoms with Gasteiger partial charge in [-0.05, 0) is 30.7 Å². The number of anilines is 2. The van der Waals surface area contributed by atoms with E-state index in [1.807, 2.05) is 6.07 Å². The Bertz CT molecular complexity index is 634. The van der Waals surface area contributed by atoms with Gasteiger partial charge in [0.05, 0.1) is 5.56 Å². The van der Waals surface area contributed by atoms with Gasteiger partial charge in [-0.3, -0.25) is 4.79 Å². The number of nitrogen functional groups attached to an aromatic ring is 1. The van der Waals surface area contributed by atoms with Crippen molar-refractivity contribution in [3.63, 3.8) is 0 Å². The summed E-state index contributed by atoms with van der Waals surface area (Å²) in [4.78, 5) is 23.7. The number of para-hydroxylation sites is 1. The van der Waals surface area contributed by atoms with Crippen molar-refractivity contribution in [3.8, 4) is 0 Å². The van der Waals surface area contributed by atoms with E-state index in [0.717, 1.165) is 0 Å². The smallest absolute Gasteiger partial charge is 0.341 e. The highest BCUT2D eigenvalue weighted by molar-refractivity contribution is 5.99. The monoisotopic (exact) mass is 284 g/mol. The predicted molar refractivity (Wildman–Crippen MR) is 80.9 cm³/mol. The molecule has 2 aromatic rings. The number of nitrogens with one attached hydrogen (secondary N) is 1. The minimum Gasteiger partial charge on any atom is -0.452 e. The van der Waals surface area contributed by atoms with Gasteiger partial charge in [0.15, 0.2) is 6.61 Å². The summed E-state index contributed by atoms with van der Waals surface area (Å²) in [6.45, 7) is 1.40. The van der Waals surface area contributed by atoms with Crippen LogP contribution in [0.1, 0.15) is 15.9 Å². The van der Waals surface area contributed by atoms with Crippen molar-refractivity contribution >= 4 is 23.3 Å². The average molecular weight is 284 g/mol. The van der Waals surface area contributed by atoms with Crippen LogP contribution < -0.4 is 11.1 Å². The van der Waals surface area contributed by atoms with E-state index in [2.05, 4.69) is 5.32 Å². The molecule has 1 amide bonds. The molecule has 5 heteroatoms. The van der Waals surface area contributed by atoms with Gasteiger partial charge < -0.3 is 15.8 Å². The van der Waals surface area contributed by atoms with Gasteiger partial charge in [-0.2, -0.15) is 0 Å². The van der Waals surface area contributed by atoms with Gasteiger partial charge in [-0.25, -0.2) is 4.79 Å². The van der Waals surface area contributed by atoms with E-state index < -0.39 is 11.9 Å². The van der Waals surface area contributed by atoms with E-state index >= 15 is 0 Å². The molecule has 21 heavy (non-hydrogen) atoms. The number of benzene rings is 2. The lowest BCUT2D eigenvalue weighted by molar-refractivity contribution is -0.119. The number of aryl methyl sites for hydroxylation is 1. The number of ether oxygens (including phenoxy) is 1. The van der Waals surface area contributed by atoms with E-state index in [1.165, 1.54) is 0 Å². The summed E-state index contributed by atoms with van der Waals surface area (Å²) < 4.78 is 4.99. The molecule has 0 aliphatic rings. The van der Waals surface area contributed by atoms with Crippen LogP contribution in [0.25, 0.3) is 0 Å². The minimum atomic E-state index is -0.603. The van der Waals surface area contributed by atoms with Crippen molar-refractivity contribution in [3.05, 3.63) is 59.7 Å². The van der Waals surface area contributed by atoms with Gasteiger partial charge in [-0.15, -0.1) is 0 Å². The first-order valence-corrected chi connectivity index (χ1v) is 6.45. The molecule has 0 heterocycles. The number of hydrogen-bond acceptors (Lipinski definition) is 4. The van der Waals surface area contributed by atoms with E-state index in [9.17, 15) is 9.59 Å². The summed E-state index contributed by atoms with van der Waals surface area (Å²) in [5, 5.41) is 2.63. The third kappa shape index (κ3) is 3.82. The predicted octanol–water partition coefficient (Wildman–Crippen LogP) is 2.37. The third-order valence-electron chi connectivity index (χ3n) is 2.90. The Labute approximate surface area is 122 Å². The fourth-order valence-electron chi connectivity index (χ4n) is 1.89. The van der Waals surface area contributed by atoms with Gasteiger partial charge in [-0.1, -0.05) is 30.3 Å². The van der Waals surface area contributed by atoms with Crippen LogP contribution in [0.15, 0.2) is 48.5 Å². The summed E-state index contributed by atoms with van der Waals surface area (Å²) in [6.07, 6.45) is 0. The third-order valence-corrected chi connectivity index (χ3v) is 2.90. The highest BCUT2D eigenvalue weighted by atomic mass is 16.5. The second kappa shape index (κ2) is 6.56. The van der Waals surface area contributed by atoms with Crippen LogP contribution in [0.3, 0.4) is 0 Å². The number of hydrogen-bond donors (Lipinski definition) is 2. The van der Waals surface area contributed by atoms with Crippen LogP contribution in [-0.2, 0) is 9.53 Å². The topological polar surface area (TPSA) is 81.4 Å². The summed E-state index contributed by atoms with van der Waals surface area (Å²) in [5.74, 6) is -1.00. The number of nitrogens with two attached hydrogens (primary N) is 1. The largest absolute Gasteiger partial charge is 0.452 e. The summed E-state index contributed by atoms with van der Waals surface area (Å²) in [6, 6.07) is 14.1. The van der Waals surface area contributed by atoms with Gasteiger partial charge in [0, 0.05) is 11.4 Å². The Hall–Kier alpha value is -2.82. The Balaban J connectivity index is 1.94. The molecule has 2 aromatic carbocycles. The van der Waals surface area contributed by atoms with Crippen molar-refractivity contribution in [1.82, 2.24) is 0 Å². The van der Waals surface area contributed by atoms with Crippen LogP contribution >= 0.6 is 0 Å². The Morgan fingerprint density at radius 3 is 2.48 bits per heavy atom. The molecule has 0 saturated heterocycles. The lowest BCUT2D eigenvalue weighted by atomic mass is 10.1. The fourth-order valence-corrected chi connectivity index (χ4v) is 1.89. The van der Waals surface area contributed by atoms with Crippen molar-refractivity contribution in [1.29, 1.82) is 0 Å². The molecule has 0 bridgehead atoms. The minimum absolute atomic E-state index is 0.296. The maximum atomic E-state index is 12.0. The van der Waals surface area contributed by atoms with E-state index in [-0.39, 0.29) is 6.61 Å². The molecule has 0 unspecified atom stereocenters. The van der Waals surface area contributed by atoms with E-state index in [4.69, 9.17) is 10.5 Å². The van der Waals surface area contributed by atoms with Crippen molar-refractivity contribution in [2.45, 2.75) is 6.92 Å². The van der Waals surface area contributed by atoms with Crippen molar-refractivity contribution in [2.75, 3.05) is 17.7 Å². The van der Waals surface area contributed by atoms with E-state index in [0.29, 0.717) is 22.5 Å². The molecule has 0 atom stereocenters. The van der Waals surface area contributed by atoms with Crippen LogP contribution in [0.5, 0.6) is 0 Å². The summed E-state index contributed by atoms with van der Waals surface area (Å²) in [5.41, 5.74) is 7.74.